The van der Waals surface area contributed by atoms with Gasteiger partial charge in [-0.25, -0.2) is 0 Å². The number of ketones is 3. The highest BCUT2D eigenvalue weighted by atomic mass is 16.3. The maximum absolute atomic E-state index is 13.3. The molecule has 0 unspecified atom stereocenters. The van der Waals surface area contributed by atoms with Crippen LogP contribution in [-0.2, 0) is 14.4 Å². The van der Waals surface area contributed by atoms with E-state index < -0.39 is 11.8 Å². The van der Waals surface area contributed by atoms with Crippen molar-refractivity contribution in [1.82, 2.24) is 4.57 Å². The Balaban J connectivity index is 2.24. The quantitative estimate of drug-likeness (QED) is 0.640. The fraction of sp³-hybridized carbons (Fsp3) is 0.654. The highest BCUT2D eigenvalue weighted by molar-refractivity contribution is 6.09. The molecule has 5 nitrogen and oxygen atoms in total. The molecule has 0 aliphatic heterocycles. The molecule has 0 aromatic carbocycles. The van der Waals surface area contributed by atoms with Crippen molar-refractivity contribution in [3.05, 3.63) is 34.3 Å². The third-order valence-electron chi connectivity index (χ3n) is 6.92. The van der Waals surface area contributed by atoms with Crippen molar-refractivity contribution < 1.29 is 19.5 Å². The van der Waals surface area contributed by atoms with Crippen molar-refractivity contribution >= 4 is 17.3 Å². The summed E-state index contributed by atoms with van der Waals surface area (Å²) in [5, 5.41) is 11.0. The molecule has 1 aromatic heterocycles. The minimum absolute atomic E-state index is 0.0334. The number of Topliss-reactive ketones (excluding diaryl/α,β-unsaturated/α-hetero) is 3. The number of allylic oxidation sites excluding steroid dienone is 2. The van der Waals surface area contributed by atoms with Gasteiger partial charge in [-0.3, -0.25) is 14.4 Å². The van der Waals surface area contributed by atoms with E-state index in [9.17, 15) is 19.5 Å². The molecule has 3 rings (SSSR count). The number of aromatic nitrogens is 1. The lowest BCUT2D eigenvalue weighted by Gasteiger charge is -2.39. The number of aliphatic hydroxyl groups is 1. The van der Waals surface area contributed by atoms with Gasteiger partial charge in [0.1, 0.15) is 17.3 Å². The summed E-state index contributed by atoms with van der Waals surface area (Å²) in [6, 6.07) is 2.20. The molecule has 31 heavy (non-hydrogen) atoms. The van der Waals surface area contributed by atoms with E-state index in [1.54, 1.807) is 0 Å². The van der Waals surface area contributed by atoms with E-state index in [0.717, 1.165) is 17.0 Å². The van der Waals surface area contributed by atoms with E-state index in [-0.39, 0.29) is 45.6 Å². The summed E-state index contributed by atoms with van der Waals surface area (Å²) in [4.78, 5) is 39.9. The van der Waals surface area contributed by atoms with Crippen molar-refractivity contribution in [3.8, 4) is 0 Å². The predicted molar refractivity (Wildman–Crippen MR) is 121 cm³/mol. The molecule has 0 bridgehead atoms. The van der Waals surface area contributed by atoms with Crippen LogP contribution in [-0.4, -0.2) is 27.0 Å². The molecule has 1 aromatic rings. The minimum Gasteiger partial charge on any atom is -0.512 e. The zero-order valence-electron chi connectivity index (χ0n) is 20.3. The maximum Gasteiger partial charge on any atom is 0.163 e. The molecule has 0 spiro atoms. The van der Waals surface area contributed by atoms with Gasteiger partial charge in [0.05, 0.1) is 5.92 Å². The number of hydrogen-bond acceptors (Lipinski definition) is 4. The third kappa shape index (κ3) is 4.28. The fourth-order valence-corrected chi connectivity index (χ4v) is 5.85. The largest absolute Gasteiger partial charge is 0.512 e. The molecule has 1 heterocycles. The van der Waals surface area contributed by atoms with Crippen LogP contribution in [0.2, 0.25) is 0 Å². The van der Waals surface area contributed by atoms with Gasteiger partial charge in [-0.2, -0.15) is 0 Å². The molecular formula is C26H37NO4. The number of hydrogen-bond donors (Lipinski definition) is 1. The summed E-state index contributed by atoms with van der Waals surface area (Å²) in [7, 11) is 0. The van der Waals surface area contributed by atoms with Gasteiger partial charge in [-0.05, 0) is 50.2 Å². The van der Waals surface area contributed by atoms with Crippen LogP contribution < -0.4 is 0 Å². The van der Waals surface area contributed by atoms with Crippen molar-refractivity contribution in [2.45, 2.75) is 93.0 Å². The van der Waals surface area contributed by atoms with Crippen LogP contribution in [0.15, 0.2) is 17.4 Å². The van der Waals surface area contributed by atoms with Gasteiger partial charge in [0.2, 0.25) is 0 Å². The molecule has 2 aliphatic carbocycles. The SMILES string of the molecule is Cc1cc([C@@H](C2=C(O)CC(C)(C)CC2=O)C2C(=O)CC(C)(C)CC2=O)c(C)n1C(C)C. The minimum atomic E-state index is -0.920. The monoisotopic (exact) mass is 427 g/mol. The van der Waals surface area contributed by atoms with Crippen LogP contribution in [0.25, 0.3) is 0 Å². The van der Waals surface area contributed by atoms with Crippen LogP contribution in [0.5, 0.6) is 0 Å². The van der Waals surface area contributed by atoms with Crippen LogP contribution in [0.1, 0.15) is 96.1 Å². The first-order valence-electron chi connectivity index (χ1n) is 11.3. The summed E-state index contributed by atoms with van der Waals surface area (Å²) >= 11 is 0. The summed E-state index contributed by atoms with van der Waals surface area (Å²) in [5.41, 5.74) is 2.33. The molecule has 0 amide bonds. The number of aliphatic hydroxyl groups excluding tert-OH is 1. The first-order chi connectivity index (χ1) is 14.1. The van der Waals surface area contributed by atoms with Crippen LogP contribution >= 0.6 is 0 Å². The second-order valence-corrected chi connectivity index (χ2v) is 11.5. The summed E-state index contributed by atoms with van der Waals surface area (Å²) in [6.45, 7) is 15.9. The highest BCUT2D eigenvalue weighted by Crippen LogP contribution is 2.48. The van der Waals surface area contributed by atoms with Gasteiger partial charge < -0.3 is 9.67 Å². The third-order valence-corrected chi connectivity index (χ3v) is 6.92. The van der Waals surface area contributed by atoms with Crippen LogP contribution in [0.4, 0.5) is 0 Å². The topological polar surface area (TPSA) is 76.4 Å². The van der Waals surface area contributed by atoms with E-state index in [2.05, 4.69) is 18.4 Å². The molecule has 1 saturated carbocycles. The van der Waals surface area contributed by atoms with Gasteiger partial charge in [0.15, 0.2) is 5.78 Å². The molecule has 1 fully saturated rings. The molecular weight excluding hydrogens is 390 g/mol. The Morgan fingerprint density at radius 3 is 1.90 bits per heavy atom. The van der Waals surface area contributed by atoms with Gasteiger partial charge in [0, 0.05) is 54.6 Å². The lowest BCUT2D eigenvalue weighted by molar-refractivity contribution is -0.140. The second-order valence-electron chi connectivity index (χ2n) is 11.5. The van der Waals surface area contributed by atoms with E-state index in [1.807, 2.05) is 47.6 Å². The number of nitrogens with zero attached hydrogens (tertiary/aromatic N) is 1. The Bertz CT molecular complexity index is 954. The van der Waals surface area contributed by atoms with Crippen molar-refractivity contribution in [3.63, 3.8) is 0 Å². The highest BCUT2D eigenvalue weighted by Gasteiger charge is 2.49. The van der Waals surface area contributed by atoms with Crippen LogP contribution in [0.3, 0.4) is 0 Å². The average Bonchev–Trinajstić information content (AvgIpc) is 2.84. The second kappa shape index (κ2) is 7.75. The van der Waals surface area contributed by atoms with Gasteiger partial charge in [-0.15, -0.1) is 0 Å². The smallest absolute Gasteiger partial charge is 0.163 e. The van der Waals surface area contributed by atoms with E-state index >= 15 is 0 Å². The Labute approximate surface area is 185 Å². The molecule has 170 valence electrons. The van der Waals surface area contributed by atoms with E-state index in [4.69, 9.17) is 0 Å². The van der Waals surface area contributed by atoms with Gasteiger partial charge in [-0.1, -0.05) is 27.7 Å². The Morgan fingerprint density at radius 1 is 0.935 bits per heavy atom. The average molecular weight is 428 g/mol. The van der Waals surface area contributed by atoms with Gasteiger partial charge in [0.25, 0.3) is 0 Å². The van der Waals surface area contributed by atoms with E-state index in [1.165, 1.54) is 0 Å². The standard InChI is InChI=1S/C26H37NO4/c1-14(2)27-15(3)9-17(16(27)4)22(23-18(28)10-25(5,6)11-19(23)29)24-20(30)12-26(7,8)13-21(24)31/h9,14,22-23,30H,10-13H2,1-8H3/t22-/m1/s1. The molecule has 0 radical (unpaired) electrons. The first-order valence-corrected chi connectivity index (χ1v) is 11.3. The molecule has 1 N–H and O–H groups in total. The summed E-state index contributed by atoms with van der Waals surface area (Å²) in [5.74, 6) is -2.02. The number of carbonyl (C=O) groups is 3. The van der Waals surface area contributed by atoms with Crippen LogP contribution in [0, 0.1) is 30.6 Å². The lowest BCUT2D eigenvalue weighted by Crippen LogP contribution is -2.43. The number of rotatable bonds is 4. The van der Waals surface area contributed by atoms with Crippen molar-refractivity contribution in [1.29, 1.82) is 0 Å². The number of carbonyl (C=O) groups excluding carboxylic acids is 3. The van der Waals surface area contributed by atoms with E-state index in [0.29, 0.717) is 25.7 Å². The zero-order valence-corrected chi connectivity index (χ0v) is 20.3. The lowest BCUT2D eigenvalue weighted by atomic mass is 9.62. The predicted octanol–water partition coefficient (Wildman–Crippen LogP) is 5.55. The maximum atomic E-state index is 13.3. The zero-order chi connectivity index (χ0) is 23.5. The normalized spacial score (nSPS) is 23.1. The Hall–Kier alpha value is -2.17. The number of aryl methyl sites for hydroxylation is 1. The molecule has 1 atom stereocenters. The Kier molecular flexibility index (Phi) is 5.88. The fourth-order valence-electron chi connectivity index (χ4n) is 5.85. The molecule has 0 saturated heterocycles. The molecule has 2 aliphatic rings. The summed E-state index contributed by atoms with van der Waals surface area (Å²) in [6.07, 6.45) is 1.27. The van der Waals surface area contributed by atoms with Crippen molar-refractivity contribution in [2.75, 3.05) is 0 Å². The van der Waals surface area contributed by atoms with Gasteiger partial charge >= 0.3 is 0 Å². The Morgan fingerprint density at radius 2 is 1.45 bits per heavy atom. The molecule has 5 heteroatoms. The first kappa shape index (κ1) is 23.5. The summed E-state index contributed by atoms with van der Waals surface area (Å²) < 4.78 is 2.17. The van der Waals surface area contributed by atoms with Crippen molar-refractivity contribution in [2.24, 2.45) is 16.7 Å².